The smallest absolute Gasteiger partial charge is 0.258 e. The maximum Gasteiger partial charge on any atom is 0.258 e. The molecule has 0 aromatic heterocycles. The van der Waals surface area contributed by atoms with Crippen molar-refractivity contribution in [2.45, 2.75) is 44.7 Å². The first-order chi connectivity index (χ1) is 9.17. The van der Waals surface area contributed by atoms with Gasteiger partial charge in [-0.1, -0.05) is 19.1 Å². The van der Waals surface area contributed by atoms with Crippen LogP contribution in [0.15, 0.2) is 24.3 Å². The highest BCUT2D eigenvalue weighted by Crippen LogP contribution is 2.18. The molecule has 2 rings (SSSR count). The maximum atomic E-state index is 11.5. The Bertz CT molecular complexity index is 413. The summed E-state index contributed by atoms with van der Waals surface area (Å²) in [6, 6.07) is 8.38. The minimum atomic E-state index is -0.0421. The van der Waals surface area contributed by atoms with Gasteiger partial charge >= 0.3 is 0 Å². The molecule has 0 bridgehead atoms. The lowest BCUT2D eigenvalue weighted by atomic mass is 10.0. The highest BCUT2D eigenvalue weighted by Gasteiger charge is 2.23. The van der Waals surface area contributed by atoms with E-state index in [4.69, 9.17) is 10.5 Å². The number of nitrogens with one attached hydrogen (secondary N) is 1. The lowest BCUT2D eigenvalue weighted by Crippen LogP contribution is -2.30. The fraction of sp³-hybridized carbons (Fsp3) is 0.533. The summed E-state index contributed by atoms with van der Waals surface area (Å²) < 4.78 is 5.44. The summed E-state index contributed by atoms with van der Waals surface area (Å²) in [4.78, 5) is 11.5. The molecule has 1 aliphatic rings. The lowest BCUT2D eigenvalue weighted by Gasteiger charge is -2.10. The lowest BCUT2D eigenvalue weighted by molar-refractivity contribution is -0.123. The highest BCUT2D eigenvalue weighted by atomic mass is 16.5. The predicted molar refractivity (Wildman–Crippen MR) is 75.1 cm³/mol. The molecular weight excluding hydrogens is 240 g/mol. The van der Waals surface area contributed by atoms with Gasteiger partial charge in [-0.3, -0.25) is 4.79 Å². The summed E-state index contributed by atoms with van der Waals surface area (Å²) in [5, 5.41) is 2.89. The molecule has 104 valence electrons. The quantitative estimate of drug-likeness (QED) is 0.785. The molecule has 3 N–H and O–H groups in total. The number of amides is 1. The molecule has 0 saturated heterocycles. The zero-order valence-electron chi connectivity index (χ0n) is 11.4. The van der Waals surface area contributed by atoms with Gasteiger partial charge in [0.1, 0.15) is 5.75 Å². The second kappa shape index (κ2) is 6.57. The molecule has 4 nitrogen and oxygen atoms in total. The predicted octanol–water partition coefficient (Wildman–Crippen LogP) is 1.62. The van der Waals surface area contributed by atoms with Crippen LogP contribution in [0.2, 0.25) is 0 Å². The molecule has 0 radical (unpaired) electrons. The van der Waals surface area contributed by atoms with E-state index in [-0.39, 0.29) is 18.6 Å². The fourth-order valence-corrected chi connectivity index (χ4v) is 1.81. The third-order valence-electron chi connectivity index (χ3n) is 3.26. The Morgan fingerprint density at radius 1 is 1.42 bits per heavy atom. The Morgan fingerprint density at radius 3 is 2.68 bits per heavy atom. The van der Waals surface area contributed by atoms with E-state index in [1.165, 1.54) is 5.56 Å². The fourth-order valence-electron chi connectivity index (χ4n) is 1.81. The molecule has 1 fully saturated rings. The van der Waals surface area contributed by atoms with Crippen LogP contribution in [0.5, 0.6) is 5.75 Å². The zero-order chi connectivity index (χ0) is 13.7. The van der Waals surface area contributed by atoms with Crippen LogP contribution >= 0.6 is 0 Å². The van der Waals surface area contributed by atoms with Gasteiger partial charge in [0, 0.05) is 12.1 Å². The van der Waals surface area contributed by atoms with E-state index in [0.29, 0.717) is 6.04 Å². The highest BCUT2D eigenvalue weighted by molar-refractivity contribution is 5.78. The normalized spacial score (nSPS) is 15.9. The van der Waals surface area contributed by atoms with E-state index in [9.17, 15) is 4.79 Å². The summed E-state index contributed by atoms with van der Waals surface area (Å²) >= 11 is 0. The minimum Gasteiger partial charge on any atom is -0.484 e. The van der Waals surface area contributed by atoms with Crippen molar-refractivity contribution in [1.29, 1.82) is 0 Å². The van der Waals surface area contributed by atoms with E-state index >= 15 is 0 Å². The van der Waals surface area contributed by atoms with Crippen LogP contribution in [0.4, 0.5) is 0 Å². The van der Waals surface area contributed by atoms with E-state index in [1.807, 2.05) is 24.3 Å². The third-order valence-corrected chi connectivity index (χ3v) is 3.26. The van der Waals surface area contributed by atoms with Gasteiger partial charge in [-0.05, 0) is 43.4 Å². The van der Waals surface area contributed by atoms with Crippen LogP contribution in [0.1, 0.15) is 31.7 Å². The Hall–Kier alpha value is -1.55. The first-order valence-electron chi connectivity index (χ1n) is 6.94. The Balaban J connectivity index is 1.75. The topological polar surface area (TPSA) is 64.3 Å². The minimum absolute atomic E-state index is 0.0421. The number of carbonyl (C=O) groups excluding carboxylic acids is 1. The average molecular weight is 262 g/mol. The molecule has 19 heavy (non-hydrogen) atoms. The molecule has 4 heteroatoms. The van der Waals surface area contributed by atoms with Crippen LogP contribution < -0.4 is 15.8 Å². The maximum absolute atomic E-state index is 11.5. The van der Waals surface area contributed by atoms with Crippen molar-refractivity contribution in [1.82, 2.24) is 5.32 Å². The van der Waals surface area contributed by atoms with Gasteiger partial charge < -0.3 is 15.8 Å². The zero-order valence-corrected chi connectivity index (χ0v) is 11.4. The molecule has 1 saturated carbocycles. The molecule has 0 spiro atoms. The van der Waals surface area contributed by atoms with Crippen LogP contribution in [-0.2, 0) is 11.2 Å². The van der Waals surface area contributed by atoms with Gasteiger partial charge in [0.15, 0.2) is 6.61 Å². The Morgan fingerprint density at radius 2 is 2.11 bits per heavy atom. The van der Waals surface area contributed by atoms with Crippen molar-refractivity contribution in [3.8, 4) is 5.75 Å². The second-order valence-corrected chi connectivity index (χ2v) is 5.15. The number of benzene rings is 1. The molecule has 1 unspecified atom stereocenters. The number of hydrogen-bond acceptors (Lipinski definition) is 3. The summed E-state index contributed by atoms with van der Waals surface area (Å²) in [6.07, 6.45) is 4.04. The van der Waals surface area contributed by atoms with E-state index < -0.39 is 0 Å². The Labute approximate surface area is 114 Å². The molecule has 1 amide bonds. The van der Waals surface area contributed by atoms with E-state index in [1.54, 1.807) is 0 Å². The number of rotatable bonds is 7. The number of nitrogens with two attached hydrogens (primary N) is 1. The number of hydrogen-bond donors (Lipinski definition) is 2. The van der Waals surface area contributed by atoms with Gasteiger partial charge in [-0.25, -0.2) is 0 Å². The standard InChI is InChI=1S/C15H22N2O2/c1-2-12(16)9-11-3-7-14(8-4-11)19-10-15(18)17-13-5-6-13/h3-4,7-8,12-13H,2,5-6,9-10,16H2,1H3,(H,17,18). The first-order valence-corrected chi connectivity index (χ1v) is 6.94. The van der Waals surface area contributed by atoms with Crippen molar-refractivity contribution in [2.24, 2.45) is 5.73 Å². The van der Waals surface area contributed by atoms with Crippen molar-refractivity contribution < 1.29 is 9.53 Å². The van der Waals surface area contributed by atoms with Crippen LogP contribution in [0.3, 0.4) is 0 Å². The summed E-state index contributed by atoms with van der Waals surface area (Å²) in [5.41, 5.74) is 7.11. The van der Waals surface area contributed by atoms with E-state index in [2.05, 4.69) is 12.2 Å². The van der Waals surface area contributed by atoms with Crippen molar-refractivity contribution in [2.75, 3.05) is 6.61 Å². The van der Waals surface area contributed by atoms with E-state index in [0.717, 1.165) is 31.4 Å². The Kier molecular flexibility index (Phi) is 4.80. The van der Waals surface area contributed by atoms with Crippen LogP contribution in [0.25, 0.3) is 0 Å². The monoisotopic (exact) mass is 262 g/mol. The average Bonchev–Trinajstić information content (AvgIpc) is 3.21. The largest absolute Gasteiger partial charge is 0.484 e. The van der Waals surface area contributed by atoms with Gasteiger partial charge in [-0.2, -0.15) is 0 Å². The van der Waals surface area contributed by atoms with Crippen LogP contribution in [-0.4, -0.2) is 24.6 Å². The van der Waals surface area contributed by atoms with Gasteiger partial charge in [0.2, 0.25) is 0 Å². The molecule has 1 aliphatic carbocycles. The first kappa shape index (κ1) is 13.9. The second-order valence-electron chi connectivity index (χ2n) is 5.15. The molecule has 1 atom stereocenters. The molecule has 0 heterocycles. The molecule has 1 aromatic carbocycles. The summed E-state index contributed by atoms with van der Waals surface area (Å²) in [7, 11) is 0. The van der Waals surface area contributed by atoms with Gasteiger partial charge in [0.05, 0.1) is 0 Å². The SMILES string of the molecule is CCC(N)Cc1ccc(OCC(=O)NC2CC2)cc1. The van der Waals surface area contributed by atoms with Crippen molar-refractivity contribution in [3.63, 3.8) is 0 Å². The van der Waals surface area contributed by atoms with Crippen LogP contribution in [0, 0.1) is 0 Å². The molecule has 0 aliphatic heterocycles. The summed E-state index contributed by atoms with van der Waals surface area (Å²) in [5.74, 6) is 0.680. The van der Waals surface area contributed by atoms with Crippen molar-refractivity contribution in [3.05, 3.63) is 29.8 Å². The molecular formula is C15H22N2O2. The van der Waals surface area contributed by atoms with Crippen molar-refractivity contribution >= 4 is 5.91 Å². The summed E-state index contributed by atoms with van der Waals surface area (Å²) in [6.45, 7) is 2.17. The molecule has 1 aromatic rings. The third kappa shape index (κ3) is 4.91. The van der Waals surface area contributed by atoms with Gasteiger partial charge in [0.25, 0.3) is 5.91 Å². The number of ether oxygens (including phenoxy) is 1. The number of carbonyl (C=O) groups is 1. The van der Waals surface area contributed by atoms with Gasteiger partial charge in [-0.15, -0.1) is 0 Å².